The van der Waals surface area contributed by atoms with Crippen LogP contribution in [0.25, 0.3) is 0 Å². The Morgan fingerprint density at radius 3 is 2.13 bits per heavy atom. The molecule has 0 heterocycles. The zero-order chi connectivity index (χ0) is 11.4. The van der Waals surface area contributed by atoms with E-state index >= 15 is 0 Å². The predicted octanol–water partition coefficient (Wildman–Crippen LogP) is 4.59. The summed E-state index contributed by atoms with van der Waals surface area (Å²) in [6.07, 6.45) is 0. The van der Waals surface area contributed by atoms with Crippen molar-refractivity contribution in [3.8, 4) is 5.75 Å². The van der Waals surface area contributed by atoms with Gasteiger partial charge in [0.25, 0.3) is 0 Å². The van der Waals surface area contributed by atoms with E-state index in [-0.39, 0.29) is 8.15 Å². The molecule has 0 aromatic heterocycles. The summed E-state index contributed by atoms with van der Waals surface area (Å²) in [7, 11) is -0.367. The van der Waals surface area contributed by atoms with Crippen LogP contribution in [-0.2, 0) is 0 Å². The van der Waals surface area contributed by atoms with Crippen LogP contribution in [0.1, 0.15) is 33.3 Å². The van der Waals surface area contributed by atoms with Crippen LogP contribution < -0.4 is 4.52 Å². The first-order valence-electron chi connectivity index (χ1n) is 5.53. The molecule has 0 fully saturated rings. The second-order valence-corrected chi connectivity index (χ2v) is 7.42. The van der Waals surface area contributed by atoms with Gasteiger partial charge in [0.2, 0.25) is 0 Å². The highest BCUT2D eigenvalue weighted by molar-refractivity contribution is 7.54. The Kier molecular flexibility index (Phi) is 4.60. The molecule has 0 aliphatic heterocycles. The van der Waals surface area contributed by atoms with Gasteiger partial charge in [-0.2, -0.15) is 0 Å². The van der Waals surface area contributed by atoms with Crippen LogP contribution in [0.3, 0.4) is 0 Å². The van der Waals surface area contributed by atoms with Crippen molar-refractivity contribution >= 4 is 8.15 Å². The van der Waals surface area contributed by atoms with Gasteiger partial charge in [0, 0.05) is 11.3 Å². The summed E-state index contributed by atoms with van der Waals surface area (Å²) in [5, 5.41) is 0. The van der Waals surface area contributed by atoms with Gasteiger partial charge in [0.15, 0.2) is 0 Å². The molecule has 0 aliphatic carbocycles. The summed E-state index contributed by atoms with van der Waals surface area (Å²) in [6.45, 7) is 11.0. The summed E-state index contributed by atoms with van der Waals surface area (Å²) in [4.78, 5) is 0. The summed E-state index contributed by atoms with van der Waals surface area (Å²) in [5.74, 6) is 1.02. The average molecular weight is 224 g/mol. The molecule has 0 saturated carbocycles. The van der Waals surface area contributed by atoms with Gasteiger partial charge in [0.05, 0.1) is 8.15 Å². The quantitative estimate of drug-likeness (QED) is 0.680. The van der Waals surface area contributed by atoms with Gasteiger partial charge in [-0.25, -0.2) is 0 Å². The van der Waals surface area contributed by atoms with Crippen molar-refractivity contribution < 1.29 is 4.52 Å². The second-order valence-electron chi connectivity index (χ2n) is 4.46. The van der Waals surface area contributed by atoms with E-state index in [2.05, 4.69) is 52.8 Å². The molecule has 2 heteroatoms. The molecular formula is C13H21OP. The van der Waals surface area contributed by atoms with Crippen LogP contribution in [0.15, 0.2) is 24.3 Å². The van der Waals surface area contributed by atoms with E-state index < -0.39 is 0 Å². The molecule has 0 amide bonds. The first-order chi connectivity index (χ1) is 7.00. The first kappa shape index (κ1) is 12.5. The van der Waals surface area contributed by atoms with Crippen molar-refractivity contribution in [2.45, 2.75) is 45.9 Å². The van der Waals surface area contributed by atoms with E-state index in [0.29, 0.717) is 11.3 Å². The molecule has 0 spiro atoms. The Bertz CT molecular complexity index is 299. The van der Waals surface area contributed by atoms with Crippen LogP contribution in [0.5, 0.6) is 5.75 Å². The molecule has 1 aromatic rings. The fourth-order valence-corrected chi connectivity index (χ4v) is 3.57. The molecule has 15 heavy (non-hydrogen) atoms. The normalized spacial score (nSPS) is 11.5. The van der Waals surface area contributed by atoms with Crippen LogP contribution in [0, 0.1) is 6.92 Å². The van der Waals surface area contributed by atoms with Crippen molar-refractivity contribution in [1.82, 2.24) is 0 Å². The third kappa shape index (κ3) is 3.83. The Balaban J connectivity index is 2.74. The van der Waals surface area contributed by atoms with E-state index in [9.17, 15) is 0 Å². The maximum Gasteiger partial charge on any atom is 0.123 e. The summed E-state index contributed by atoms with van der Waals surface area (Å²) < 4.78 is 6.08. The van der Waals surface area contributed by atoms with Crippen LogP contribution in [0.2, 0.25) is 0 Å². The average Bonchev–Trinajstić information content (AvgIpc) is 2.13. The van der Waals surface area contributed by atoms with Crippen LogP contribution in [-0.4, -0.2) is 11.3 Å². The standard InChI is InChI=1S/C13H21OP/c1-10(2)15(11(3)4)14-13-8-6-7-12(5)9-13/h6-11H,1-5H3. The van der Waals surface area contributed by atoms with Gasteiger partial charge >= 0.3 is 0 Å². The van der Waals surface area contributed by atoms with Gasteiger partial charge in [-0.15, -0.1) is 0 Å². The fourth-order valence-electron chi connectivity index (χ4n) is 1.60. The Hall–Kier alpha value is -0.550. The summed E-state index contributed by atoms with van der Waals surface area (Å²) in [5.41, 5.74) is 2.48. The highest BCUT2D eigenvalue weighted by atomic mass is 31.1. The van der Waals surface area contributed by atoms with Gasteiger partial charge in [-0.1, -0.05) is 39.8 Å². The molecule has 0 saturated heterocycles. The number of benzene rings is 1. The largest absolute Gasteiger partial charge is 0.474 e. The minimum atomic E-state index is -0.367. The topological polar surface area (TPSA) is 9.23 Å². The third-order valence-electron chi connectivity index (χ3n) is 2.22. The molecule has 0 bridgehead atoms. The van der Waals surface area contributed by atoms with Crippen molar-refractivity contribution in [2.24, 2.45) is 0 Å². The molecule has 1 aromatic carbocycles. The third-order valence-corrected chi connectivity index (χ3v) is 4.68. The highest BCUT2D eigenvalue weighted by Gasteiger charge is 2.19. The number of aryl methyl sites for hydroxylation is 1. The summed E-state index contributed by atoms with van der Waals surface area (Å²) in [6, 6.07) is 8.31. The molecule has 1 nitrogen and oxygen atoms in total. The monoisotopic (exact) mass is 224 g/mol. The zero-order valence-corrected chi connectivity index (χ0v) is 11.2. The lowest BCUT2D eigenvalue weighted by molar-refractivity contribution is 0.592. The Morgan fingerprint density at radius 1 is 1.07 bits per heavy atom. The Morgan fingerprint density at radius 2 is 1.67 bits per heavy atom. The maximum absolute atomic E-state index is 6.08. The minimum Gasteiger partial charge on any atom is -0.474 e. The molecule has 0 aliphatic rings. The lowest BCUT2D eigenvalue weighted by Crippen LogP contribution is -2.08. The van der Waals surface area contributed by atoms with Crippen molar-refractivity contribution in [3.05, 3.63) is 29.8 Å². The Labute approximate surface area is 94.7 Å². The molecule has 0 atom stereocenters. The van der Waals surface area contributed by atoms with E-state index in [4.69, 9.17) is 4.52 Å². The lowest BCUT2D eigenvalue weighted by Gasteiger charge is -2.25. The van der Waals surface area contributed by atoms with Crippen molar-refractivity contribution in [1.29, 1.82) is 0 Å². The van der Waals surface area contributed by atoms with E-state index in [1.807, 2.05) is 6.07 Å². The second kappa shape index (κ2) is 5.51. The number of rotatable bonds is 4. The van der Waals surface area contributed by atoms with Crippen molar-refractivity contribution in [3.63, 3.8) is 0 Å². The van der Waals surface area contributed by atoms with E-state index in [1.54, 1.807) is 0 Å². The van der Waals surface area contributed by atoms with Gasteiger partial charge < -0.3 is 4.52 Å². The highest BCUT2D eigenvalue weighted by Crippen LogP contribution is 2.47. The molecular weight excluding hydrogens is 203 g/mol. The molecule has 0 unspecified atom stereocenters. The van der Waals surface area contributed by atoms with E-state index in [0.717, 1.165) is 5.75 Å². The fraction of sp³-hybridized carbons (Fsp3) is 0.538. The molecule has 84 valence electrons. The maximum atomic E-state index is 6.08. The lowest BCUT2D eigenvalue weighted by atomic mass is 10.2. The number of hydrogen-bond acceptors (Lipinski definition) is 1. The van der Waals surface area contributed by atoms with Gasteiger partial charge in [-0.3, -0.25) is 0 Å². The minimum absolute atomic E-state index is 0.367. The van der Waals surface area contributed by atoms with Crippen molar-refractivity contribution in [2.75, 3.05) is 0 Å². The molecule has 0 N–H and O–H groups in total. The van der Waals surface area contributed by atoms with E-state index in [1.165, 1.54) is 5.56 Å². The summed E-state index contributed by atoms with van der Waals surface area (Å²) >= 11 is 0. The van der Waals surface area contributed by atoms with Crippen LogP contribution in [0.4, 0.5) is 0 Å². The van der Waals surface area contributed by atoms with Crippen LogP contribution >= 0.6 is 8.15 Å². The SMILES string of the molecule is Cc1cccc(OP(C(C)C)C(C)C)c1. The first-order valence-corrected chi connectivity index (χ1v) is 6.93. The molecule has 0 radical (unpaired) electrons. The molecule has 1 rings (SSSR count). The number of hydrogen-bond donors (Lipinski definition) is 0. The van der Waals surface area contributed by atoms with Gasteiger partial charge in [0.1, 0.15) is 5.75 Å². The smallest absolute Gasteiger partial charge is 0.123 e. The zero-order valence-electron chi connectivity index (χ0n) is 10.3. The predicted molar refractivity (Wildman–Crippen MR) is 69.0 cm³/mol. The van der Waals surface area contributed by atoms with Gasteiger partial charge in [-0.05, 0) is 24.6 Å².